The second-order valence-electron chi connectivity index (χ2n) is 7.67. The molecule has 1 fully saturated rings. The average molecular weight is 413 g/mol. The lowest BCUT2D eigenvalue weighted by Crippen LogP contribution is -2.45. The number of amides is 2. The summed E-state index contributed by atoms with van der Waals surface area (Å²) >= 11 is 0. The summed E-state index contributed by atoms with van der Waals surface area (Å²) in [7, 11) is 0. The summed E-state index contributed by atoms with van der Waals surface area (Å²) in [5.41, 5.74) is 1.58. The first-order valence-corrected chi connectivity index (χ1v) is 10.5. The van der Waals surface area contributed by atoms with Crippen molar-refractivity contribution in [1.82, 2.24) is 10.2 Å². The Morgan fingerprint density at radius 2 is 1.90 bits per heavy atom. The van der Waals surface area contributed by atoms with Crippen molar-refractivity contribution in [2.45, 2.75) is 32.3 Å². The van der Waals surface area contributed by atoms with E-state index in [0.717, 1.165) is 24.8 Å². The van der Waals surface area contributed by atoms with Crippen molar-refractivity contribution in [3.63, 3.8) is 0 Å². The second kappa shape index (κ2) is 10.9. The minimum absolute atomic E-state index is 0.0197. The van der Waals surface area contributed by atoms with Gasteiger partial charge in [0.2, 0.25) is 5.91 Å². The number of halogens is 1. The van der Waals surface area contributed by atoms with Crippen LogP contribution in [-0.4, -0.2) is 43.0 Å². The number of ether oxygens (including phenoxy) is 1. The first kappa shape index (κ1) is 22.0. The molecule has 2 unspecified atom stereocenters. The molecule has 5 nitrogen and oxygen atoms in total. The minimum Gasteiger partial charge on any atom is -0.374 e. The number of piperidine rings is 1. The Bertz CT molecular complexity index is 826. The lowest BCUT2D eigenvalue weighted by atomic mass is 9.96. The maximum absolute atomic E-state index is 13.1. The van der Waals surface area contributed by atoms with E-state index in [0.29, 0.717) is 31.8 Å². The highest BCUT2D eigenvalue weighted by Gasteiger charge is 2.28. The predicted octanol–water partition coefficient (Wildman–Crippen LogP) is 3.96. The summed E-state index contributed by atoms with van der Waals surface area (Å²) in [6.45, 7) is 4.14. The van der Waals surface area contributed by atoms with Crippen LogP contribution < -0.4 is 5.32 Å². The third kappa shape index (κ3) is 6.13. The van der Waals surface area contributed by atoms with Crippen molar-refractivity contribution >= 4 is 11.8 Å². The van der Waals surface area contributed by atoms with Gasteiger partial charge in [0, 0.05) is 31.8 Å². The van der Waals surface area contributed by atoms with E-state index in [1.165, 1.54) is 24.3 Å². The van der Waals surface area contributed by atoms with Crippen molar-refractivity contribution in [1.29, 1.82) is 0 Å². The molecule has 1 aliphatic rings. The number of hydrogen-bond donors (Lipinski definition) is 1. The highest BCUT2D eigenvalue weighted by atomic mass is 19.1. The normalized spacial score (nSPS) is 17.4. The maximum Gasteiger partial charge on any atom is 0.253 e. The zero-order valence-electron chi connectivity index (χ0n) is 17.4. The molecule has 3 rings (SSSR count). The molecule has 1 saturated heterocycles. The monoisotopic (exact) mass is 412 g/mol. The highest BCUT2D eigenvalue weighted by molar-refractivity contribution is 5.94. The quantitative estimate of drug-likeness (QED) is 0.668. The van der Waals surface area contributed by atoms with Crippen LogP contribution in [0.4, 0.5) is 4.39 Å². The topological polar surface area (TPSA) is 58.6 Å². The molecule has 0 aliphatic carbocycles. The molecule has 2 aromatic rings. The summed E-state index contributed by atoms with van der Waals surface area (Å²) in [5.74, 6) is -0.768. The number of likely N-dealkylation sites (tertiary alicyclic amines) is 1. The smallest absolute Gasteiger partial charge is 0.253 e. The van der Waals surface area contributed by atoms with Crippen molar-refractivity contribution in [3.8, 4) is 0 Å². The predicted molar refractivity (Wildman–Crippen MR) is 113 cm³/mol. The number of rotatable bonds is 8. The van der Waals surface area contributed by atoms with Crippen LogP contribution in [0.25, 0.3) is 0 Å². The van der Waals surface area contributed by atoms with E-state index in [-0.39, 0.29) is 29.7 Å². The Balaban J connectivity index is 1.38. The molecule has 30 heavy (non-hydrogen) atoms. The third-order valence-corrected chi connectivity index (χ3v) is 5.43. The summed E-state index contributed by atoms with van der Waals surface area (Å²) in [6.07, 6.45) is 2.29. The molecule has 160 valence electrons. The fourth-order valence-corrected chi connectivity index (χ4v) is 3.66. The second-order valence-corrected chi connectivity index (χ2v) is 7.67. The fraction of sp³-hybridized carbons (Fsp3) is 0.417. The van der Waals surface area contributed by atoms with Crippen LogP contribution in [-0.2, 0) is 9.53 Å². The van der Waals surface area contributed by atoms with Crippen LogP contribution in [0.3, 0.4) is 0 Å². The number of nitrogens with zero attached hydrogens (tertiary/aromatic N) is 1. The molecule has 0 bridgehead atoms. The molecule has 0 spiro atoms. The number of carbonyl (C=O) groups is 2. The molecule has 0 aromatic heterocycles. The van der Waals surface area contributed by atoms with Gasteiger partial charge in [0.1, 0.15) is 5.82 Å². The zero-order chi connectivity index (χ0) is 21.3. The van der Waals surface area contributed by atoms with Crippen LogP contribution in [0.15, 0.2) is 54.6 Å². The van der Waals surface area contributed by atoms with Gasteiger partial charge in [-0.15, -0.1) is 0 Å². The van der Waals surface area contributed by atoms with Gasteiger partial charge in [-0.1, -0.05) is 30.3 Å². The standard InChI is InChI=1S/C24H29FN2O3/c1-18(19-7-3-2-4-8-19)30-16-6-14-26-23(28)21-9-5-15-27(17-21)24(29)20-10-12-22(25)13-11-20/h2-4,7-8,10-13,18,21H,5-6,9,14-17H2,1H3,(H,26,28). The largest absolute Gasteiger partial charge is 0.374 e. The van der Waals surface area contributed by atoms with Gasteiger partial charge in [0.15, 0.2) is 0 Å². The molecule has 0 saturated carbocycles. The van der Waals surface area contributed by atoms with Crippen LogP contribution in [0.2, 0.25) is 0 Å². The molecular weight excluding hydrogens is 383 g/mol. The van der Waals surface area contributed by atoms with E-state index < -0.39 is 0 Å². The molecule has 6 heteroatoms. The van der Waals surface area contributed by atoms with Crippen LogP contribution in [0, 0.1) is 11.7 Å². The number of benzene rings is 2. The van der Waals surface area contributed by atoms with Crippen LogP contribution in [0.1, 0.15) is 48.2 Å². The molecule has 1 heterocycles. The fourth-order valence-electron chi connectivity index (χ4n) is 3.66. The Kier molecular flexibility index (Phi) is 7.97. The van der Waals surface area contributed by atoms with E-state index in [1.807, 2.05) is 37.3 Å². The summed E-state index contributed by atoms with van der Waals surface area (Å²) < 4.78 is 18.9. The Morgan fingerprint density at radius 1 is 1.17 bits per heavy atom. The molecule has 2 amide bonds. The molecule has 0 radical (unpaired) electrons. The lowest BCUT2D eigenvalue weighted by Gasteiger charge is -2.32. The van der Waals surface area contributed by atoms with Gasteiger partial charge in [-0.05, 0) is 56.0 Å². The lowest BCUT2D eigenvalue weighted by molar-refractivity contribution is -0.126. The third-order valence-electron chi connectivity index (χ3n) is 5.43. The molecule has 2 aromatic carbocycles. The number of hydrogen-bond acceptors (Lipinski definition) is 3. The zero-order valence-corrected chi connectivity index (χ0v) is 17.4. The Hall–Kier alpha value is -2.73. The van der Waals surface area contributed by atoms with E-state index in [1.54, 1.807) is 4.90 Å². The van der Waals surface area contributed by atoms with E-state index >= 15 is 0 Å². The molecule has 1 N–H and O–H groups in total. The first-order chi connectivity index (χ1) is 14.5. The van der Waals surface area contributed by atoms with Gasteiger partial charge in [-0.25, -0.2) is 4.39 Å². The first-order valence-electron chi connectivity index (χ1n) is 10.5. The van der Waals surface area contributed by atoms with Crippen molar-refractivity contribution in [3.05, 3.63) is 71.5 Å². The molecule has 1 aliphatic heterocycles. The average Bonchev–Trinajstić information content (AvgIpc) is 2.79. The SMILES string of the molecule is CC(OCCCNC(=O)C1CCCN(C(=O)c2ccc(F)cc2)C1)c1ccccc1. The van der Waals surface area contributed by atoms with Crippen molar-refractivity contribution in [2.24, 2.45) is 5.92 Å². The summed E-state index contributed by atoms with van der Waals surface area (Å²) in [5, 5.41) is 2.97. The highest BCUT2D eigenvalue weighted by Crippen LogP contribution is 2.19. The number of nitrogens with one attached hydrogen (secondary N) is 1. The van der Waals surface area contributed by atoms with Crippen molar-refractivity contribution in [2.75, 3.05) is 26.2 Å². The maximum atomic E-state index is 13.1. The summed E-state index contributed by atoms with van der Waals surface area (Å²) in [4.78, 5) is 26.8. The van der Waals surface area contributed by atoms with Gasteiger partial charge >= 0.3 is 0 Å². The van der Waals surface area contributed by atoms with Gasteiger partial charge < -0.3 is 15.0 Å². The van der Waals surface area contributed by atoms with Gasteiger partial charge in [0.25, 0.3) is 5.91 Å². The Labute approximate surface area is 177 Å². The van der Waals surface area contributed by atoms with Crippen molar-refractivity contribution < 1.29 is 18.7 Å². The van der Waals surface area contributed by atoms with E-state index in [2.05, 4.69) is 5.32 Å². The molecular formula is C24H29FN2O3. The van der Waals surface area contributed by atoms with Gasteiger partial charge in [-0.2, -0.15) is 0 Å². The van der Waals surface area contributed by atoms with Crippen LogP contribution in [0.5, 0.6) is 0 Å². The van der Waals surface area contributed by atoms with Gasteiger partial charge in [0.05, 0.1) is 12.0 Å². The van der Waals surface area contributed by atoms with E-state index in [4.69, 9.17) is 4.74 Å². The van der Waals surface area contributed by atoms with Gasteiger partial charge in [-0.3, -0.25) is 9.59 Å². The van der Waals surface area contributed by atoms with E-state index in [9.17, 15) is 14.0 Å². The molecule has 2 atom stereocenters. The summed E-state index contributed by atoms with van der Waals surface area (Å²) in [6, 6.07) is 15.6. The Morgan fingerprint density at radius 3 is 2.63 bits per heavy atom. The number of carbonyl (C=O) groups excluding carboxylic acids is 2. The van der Waals surface area contributed by atoms with Crippen LogP contribution >= 0.6 is 0 Å². The minimum atomic E-state index is -0.371.